The number of aryl methyl sites for hydroxylation is 1. The van der Waals surface area contributed by atoms with Gasteiger partial charge >= 0.3 is 0 Å². The fraction of sp³-hybridized carbons (Fsp3) is 0.222. The molecule has 78 valence electrons. The van der Waals surface area contributed by atoms with Crippen LogP contribution in [-0.4, -0.2) is 10.8 Å². The molecule has 6 heteroatoms. The van der Waals surface area contributed by atoms with Crippen molar-refractivity contribution in [2.24, 2.45) is 0 Å². The first kappa shape index (κ1) is 10.1. The molecule has 0 saturated heterocycles. The number of fused-ring (bicyclic) bond motifs is 1. The Morgan fingerprint density at radius 3 is 2.80 bits per heavy atom. The molecular weight excluding hydrogens is 264 g/mol. The third-order valence-corrected chi connectivity index (χ3v) is 2.90. The molecule has 1 aromatic carbocycles. The number of hydrogen-bond acceptors (Lipinski definition) is 3. The first-order valence-electron chi connectivity index (χ1n) is 4.34. The summed E-state index contributed by atoms with van der Waals surface area (Å²) in [7, 11) is 0. The highest BCUT2D eigenvalue weighted by Gasteiger charge is 2.21. The van der Waals surface area contributed by atoms with E-state index in [1.54, 1.807) is 6.07 Å². The number of rotatable bonds is 1. The molecule has 0 fully saturated rings. The highest BCUT2D eigenvalue weighted by molar-refractivity contribution is 9.10. The van der Waals surface area contributed by atoms with Gasteiger partial charge in [-0.2, -0.15) is 0 Å². The highest BCUT2D eigenvalue weighted by atomic mass is 79.9. The van der Waals surface area contributed by atoms with Gasteiger partial charge in [-0.15, -0.1) is 0 Å². The second-order valence-electron chi connectivity index (χ2n) is 3.27. The average molecular weight is 271 g/mol. The van der Waals surface area contributed by atoms with Crippen molar-refractivity contribution < 1.29 is 9.72 Å². The van der Waals surface area contributed by atoms with Crippen LogP contribution in [0.4, 0.5) is 11.4 Å². The van der Waals surface area contributed by atoms with Crippen molar-refractivity contribution in [1.82, 2.24) is 0 Å². The van der Waals surface area contributed by atoms with Crippen molar-refractivity contribution in [2.45, 2.75) is 12.8 Å². The largest absolute Gasteiger partial charge is 0.326 e. The molecule has 1 aliphatic rings. The van der Waals surface area contributed by atoms with Crippen LogP contribution < -0.4 is 5.32 Å². The number of amides is 1. The quantitative estimate of drug-likeness (QED) is 0.628. The molecule has 1 N–H and O–H groups in total. The second kappa shape index (κ2) is 3.62. The minimum Gasteiger partial charge on any atom is -0.326 e. The number of hydrogen-bond donors (Lipinski definition) is 1. The second-order valence-corrected chi connectivity index (χ2v) is 4.12. The normalized spacial score (nSPS) is 14.3. The van der Waals surface area contributed by atoms with Gasteiger partial charge in [0.15, 0.2) is 0 Å². The topological polar surface area (TPSA) is 72.2 Å². The summed E-state index contributed by atoms with van der Waals surface area (Å²) in [6.45, 7) is 0. The summed E-state index contributed by atoms with van der Waals surface area (Å²) >= 11 is 3.14. The summed E-state index contributed by atoms with van der Waals surface area (Å²) in [5.74, 6) is -0.0980. The molecule has 0 atom stereocenters. The molecule has 0 bridgehead atoms. The number of anilines is 1. The minimum atomic E-state index is -0.481. The smallest absolute Gasteiger partial charge is 0.285 e. The third-order valence-electron chi connectivity index (χ3n) is 2.26. The fourth-order valence-electron chi connectivity index (χ4n) is 1.53. The van der Waals surface area contributed by atoms with Crippen molar-refractivity contribution in [3.05, 3.63) is 32.3 Å². The summed E-state index contributed by atoms with van der Waals surface area (Å²) in [4.78, 5) is 21.3. The Morgan fingerprint density at radius 2 is 2.13 bits per heavy atom. The molecule has 1 aliphatic heterocycles. The van der Waals surface area contributed by atoms with E-state index in [1.807, 2.05) is 0 Å². The number of nitro groups is 1. The van der Waals surface area contributed by atoms with Crippen LogP contribution in [0, 0.1) is 10.1 Å². The summed E-state index contributed by atoms with van der Waals surface area (Å²) in [6.07, 6.45) is 1.05. The molecule has 0 spiro atoms. The zero-order valence-corrected chi connectivity index (χ0v) is 9.20. The predicted octanol–water partition coefficient (Wildman–Crippen LogP) is 2.24. The number of nitro benzene ring substituents is 1. The third kappa shape index (κ3) is 1.85. The number of nitrogens with zero attached hydrogens (tertiary/aromatic N) is 1. The summed E-state index contributed by atoms with van der Waals surface area (Å²) < 4.78 is 0.447. The van der Waals surface area contributed by atoms with E-state index in [-0.39, 0.29) is 11.6 Å². The maximum atomic E-state index is 11.1. The van der Waals surface area contributed by atoms with Crippen LogP contribution in [-0.2, 0) is 11.2 Å². The molecule has 0 radical (unpaired) electrons. The van der Waals surface area contributed by atoms with Gasteiger partial charge in [0.1, 0.15) is 0 Å². The Labute approximate surface area is 93.8 Å². The van der Waals surface area contributed by atoms with Crippen LogP contribution in [0.15, 0.2) is 16.6 Å². The lowest BCUT2D eigenvalue weighted by atomic mass is 10.0. The zero-order chi connectivity index (χ0) is 11.0. The van der Waals surface area contributed by atoms with Gasteiger partial charge in [-0.05, 0) is 34.0 Å². The molecule has 1 aromatic rings. The van der Waals surface area contributed by atoms with Gasteiger partial charge in [0.2, 0.25) is 5.91 Å². The molecular formula is C9H7BrN2O3. The number of nitrogens with one attached hydrogen (secondary N) is 1. The van der Waals surface area contributed by atoms with Crippen LogP contribution in [0.25, 0.3) is 0 Å². The van der Waals surface area contributed by atoms with E-state index < -0.39 is 4.92 Å². The van der Waals surface area contributed by atoms with Crippen molar-refractivity contribution in [1.29, 1.82) is 0 Å². The van der Waals surface area contributed by atoms with E-state index in [2.05, 4.69) is 21.2 Å². The van der Waals surface area contributed by atoms with E-state index in [4.69, 9.17) is 0 Å². The fourth-order valence-corrected chi connectivity index (χ4v) is 2.06. The predicted molar refractivity (Wildman–Crippen MR) is 57.7 cm³/mol. The Morgan fingerprint density at radius 1 is 1.40 bits per heavy atom. The van der Waals surface area contributed by atoms with E-state index in [0.29, 0.717) is 23.0 Å². The van der Waals surface area contributed by atoms with Crippen molar-refractivity contribution in [3.63, 3.8) is 0 Å². The van der Waals surface area contributed by atoms with Crippen LogP contribution in [0.1, 0.15) is 12.0 Å². The van der Waals surface area contributed by atoms with Crippen LogP contribution in [0.5, 0.6) is 0 Å². The SMILES string of the molecule is O=C1CCc2cc(Br)c([N+](=O)[O-])cc2N1. The van der Waals surface area contributed by atoms with Gasteiger partial charge in [-0.3, -0.25) is 14.9 Å². The van der Waals surface area contributed by atoms with Gasteiger partial charge in [-0.1, -0.05) is 0 Å². The van der Waals surface area contributed by atoms with Gasteiger partial charge in [-0.25, -0.2) is 0 Å². The van der Waals surface area contributed by atoms with Crippen LogP contribution >= 0.6 is 15.9 Å². The lowest BCUT2D eigenvalue weighted by Crippen LogP contribution is -2.19. The monoisotopic (exact) mass is 270 g/mol. The molecule has 2 rings (SSSR count). The van der Waals surface area contributed by atoms with Crippen LogP contribution in [0.2, 0.25) is 0 Å². The maximum Gasteiger partial charge on any atom is 0.285 e. The Bertz CT molecular complexity index is 459. The molecule has 1 heterocycles. The first-order chi connectivity index (χ1) is 7.08. The van der Waals surface area contributed by atoms with Gasteiger partial charge in [0.05, 0.1) is 15.1 Å². The van der Waals surface area contributed by atoms with E-state index >= 15 is 0 Å². The number of carbonyl (C=O) groups excluding carboxylic acids is 1. The Balaban J connectivity index is 2.51. The summed E-state index contributed by atoms with van der Waals surface area (Å²) in [5.41, 5.74) is 1.43. The molecule has 15 heavy (non-hydrogen) atoms. The van der Waals surface area contributed by atoms with Gasteiger partial charge in [0, 0.05) is 12.5 Å². The summed E-state index contributed by atoms with van der Waals surface area (Å²) in [6, 6.07) is 3.07. The van der Waals surface area contributed by atoms with Gasteiger partial charge < -0.3 is 5.32 Å². The van der Waals surface area contributed by atoms with E-state index in [0.717, 1.165) is 5.56 Å². The first-order valence-corrected chi connectivity index (χ1v) is 5.14. The molecule has 0 unspecified atom stereocenters. The molecule has 5 nitrogen and oxygen atoms in total. The van der Waals surface area contributed by atoms with Crippen molar-refractivity contribution in [2.75, 3.05) is 5.32 Å². The van der Waals surface area contributed by atoms with E-state index in [1.165, 1.54) is 6.07 Å². The van der Waals surface area contributed by atoms with Gasteiger partial charge in [0.25, 0.3) is 5.69 Å². The number of benzene rings is 1. The highest BCUT2D eigenvalue weighted by Crippen LogP contribution is 2.33. The molecule has 0 saturated carbocycles. The number of carbonyl (C=O) groups is 1. The average Bonchev–Trinajstić information content (AvgIpc) is 2.17. The molecule has 0 aromatic heterocycles. The standard InChI is InChI=1S/C9H7BrN2O3/c10-6-3-5-1-2-9(13)11-7(5)4-8(6)12(14)15/h3-4H,1-2H2,(H,11,13). The Kier molecular flexibility index (Phi) is 2.44. The molecule has 0 aliphatic carbocycles. The molecule has 1 amide bonds. The number of halogens is 1. The maximum absolute atomic E-state index is 11.1. The minimum absolute atomic E-state index is 0.0315. The lowest BCUT2D eigenvalue weighted by molar-refractivity contribution is -0.385. The van der Waals surface area contributed by atoms with Crippen molar-refractivity contribution in [3.8, 4) is 0 Å². The zero-order valence-electron chi connectivity index (χ0n) is 7.62. The van der Waals surface area contributed by atoms with Crippen molar-refractivity contribution >= 4 is 33.2 Å². The van der Waals surface area contributed by atoms with Crippen LogP contribution in [0.3, 0.4) is 0 Å². The summed E-state index contributed by atoms with van der Waals surface area (Å²) in [5, 5.41) is 13.3. The Hall–Kier alpha value is -1.43. The van der Waals surface area contributed by atoms with E-state index in [9.17, 15) is 14.9 Å². The lowest BCUT2D eigenvalue weighted by Gasteiger charge is -2.16.